The Bertz CT molecular complexity index is 739. The Morgan fingerprint density at radius 3 is 2.19 bits per heavy atom. The fraction of sp³-hybridized carbons (Fsp3) is 0.476. The number of esters is 1. The molecule has 2 bridgehead atoms. The molecule has 1 saturated heterocycles. The molecular formula is C21H23NO4. The Hall–Kier alpha value is -2.43. The van der Waals surface area contributed by atoms with E-state index in [2.05, 4.69) is 12.2 Å². The van der Waals surface area contributed by atoms with Gasteiger partial charge < -0.3 is 4.74 Å². The van der Waals surface area contributed by atoms with Gasteiger partial charge in [0.1, 0.15) is 6.04 Å². The van der Waals surface area contributed by atoms with Crippen LogP contribution < -0.4 is 0 Å². The van der Waals surface area contributed by atoms with Gasteiger partial charge in [-0.25, -0.2) is 4.79 Å². The van der Waals surface area contributed by atoms with Gasteiger partial charge in [0, 0.05) is 6.42 Å². The molecule has 0 unspecified atom stereocenters. The average Bonchev–Trinajstić information content (AvgIpc) is 3.28. The van der Waals surface area contributed by atoms with Crippen LogP contribution in [0.3, 0.4) is 0 Å². The first-order chi connectivity index (χ1) is 12.5. The summed E-state index contributed by atoms with van der Waals surface area (Å²) < 4.78 is 5.38. The molecule has 2 aliphatic carbocycles. The molecule has 4 rings (SSSR count). The average molecular weight is 353 g/mol. The van der Waals surface area contributed by atoms with E-state index in [0.29, 0.717) is 0 Å². The number of hydrogen-bond donors (Lipinski definition) is 0. The van der Waals surface area contributed by atoms with Crippen molar-refractivity contribution in [1.29, 1.82) is 0 Å². The van der Waals surface area contributed by atoms with Gasteiger partial charge in [-0.3, -0.25) is 14.5 Å². The zero-order valence-corrected chi connectivity index (χ0v) is 15.0. The van der Waals surface area contributed by atoms with Crippen LogP contribution >= 0.6 is 0 Å². The van der Waals surface area contributed by atoms with Crippen molar-refractivity contribution in [3.05, 3.63) is 48.0 Å². The van der Waals surface area contributed by atoms with Crippen molar-refractivity contribution in [2.75, 3.05) is 0 Å². The predicted molar refractivity (Wildman–Crippen MR) is 94.7 cm³/mol. The summed E-state index contributed by atoms with van der Waals surface area (Å²) >= 11 is 0. The molecule has 26 heavy (non-hydrogen) atoms. The van der Waals surface area contributed by atoms with E-state index in [1.165, 1.54) is 4.90 Å². The number of nitrogens with zero attached hydrogens (tertiary/aromatic N) is 1. The zero-order chi connectivity index (χ0) is 18.4. The summed E-state index contributed by atoms with van der Waals surface area (Å²) in [6.45, 7) is 3.54. The number of hydrogen-bond acceptors (Lipinski definition) is 4. The van der Waals surface area contributed by atoms with E-state index in [4.69, 9.17) is 4.74 Å². The maximum atomic E-state index is 13.1. The van der Waals surface area contributed by atoms with Crippen molar-refractivity contribution < 1.29 is 19.1 Å². The highest BCUT2D eigenvalue weighted by molar-refractivity contribution is 6.09. The standard InChI is InChI=1S/C21H23NO4/c1-12(2)26-21(25)16(10-13-6-4-3-5-7-13)22-19(23)17-14-8-9-15(11-14)18(17)20(22)24/h3-9,12,14-18H,10-11H2,1-2H3/t14-,15+,16-,17-,18+/m1/s1. The predicted octanol–water partition coefficient (Wildman–Crippen LogP) is 2.36. The molecule has 1 aromatic carbocycles. The van der Waals surface area contributed by atoms with Gasteiger partial charge in [-0.2, -0.15) is 0 Å². The summed E-state index contributed by atoms with van der Waals surface area (Å²) in [5, 5.41) is 0. The van der Waals surface area contributed by atoms with Crippen molar-refractivity contribution in [2.24, 2.45) is 23.7 Å². The highest BCUT2D eigenvalue weighted by Gasteiger charge is 2.61. The molecular weight excluding hydrogens is 330 g/mol. The summed E-state index contributed by atoms with van der Waals surface area (Å²) in [6, 6.07) is 8.55. The molecule has 1 aromatic rings. The lowest BCUT2D eigenvalue weighted by molar-refractivity contribution is -0.161. The van der Waals surface area contributed by atoms with Gasteiger partial charge in [-0.05, 0) is 37.7 Å². The van der Waals surface area contributed by atoms with Gasteiger partial charge in [0.15, 0.2) is 0 Å². The summed E-state index contributed by atoms with van der Waals surface area (Å²) in [5.74, 6) is -1.28. The third kappa shape index (κ3) is 2.66. The van der Waals surface area contributed by atoms with Gasteiger partial charge in [0.2, 0.25) is 11.8 Å². The number of fused-ring (bicyclic) bond motifs is 5. The molecule has 136 valence electrons. The van der Waals surface area contributed by atoms with Crippen LogP contribution in [0.25, 0.3) is 0 Å². The maximum absolute atomic E-state index is 13.1. The van der Waals surface area contributed by atoms with Crippen LogP contribution in [0.2, 0.25) is 0 Å². The molecule has 1 saturated carbocycles. The minimum Gasteiger partial charge on any atom is -0.461 e. The van der Waals surface area contributed by atoms with Crippen molar-refractivity contribution in [3.63, 3.8) is 0 Å². The van der Waals surface area contributed by atoms with Crippen LogP contribution in [0.1, 0.15) is 25.8 Å². The number of rotatable bonds is 5. The minimum absolute atomic E-state index is 0.130. The van der Waals surface area contributed by atoms with E-state index < -0.39 is 12.0 Å². The first-order valence-electron chi connectivity index (χ1n) is 9.27. The number of imide groups is 1. The second-order valence-electron chi connectivity index (χ2n) is 7.74. The molecule has 0 N–H and O–H groups in total. The second kappa shape index (κ2) is 6.38. The van der Waals surface area contributed by atoms with E-state index in [1.807, 2.05) is 30.3 Å². The summed E-state index contributed by atoms with van der Waals surface area (Å²) in [4.78, 5) is 40.1. The highest BCUT2D eigenvalue weighted by atomic mass is 16.5. The summed E-state index contributed by atoms with van der Waals surface area (Å²) in [7, 11) is 0. The molecule has 5 atom stereocenters. The number of ether oxygens (including phenoxy) is 1. The number of likely N-dealkylation sites (tertiary alicyclic amines) is 1. The third-order valence-electron chi connectivity index (χ3n) is 5.71. The van der Waals surface area contributed by atoms with Crippen LogP contribution in [0, 0.1) is 23.7 Å². The molecule has 2 amide bonds. The van der Waals surface area contributed by atoms with E-state index >= 15 is 0 Å². The minimum atomic E-state index is -0.898. The van der Waals surface area contributed by atoms with Gasteiger partial charge in [-0.1, -0.05) is 42.5 Å². The number of carbonyl (C=O) groups excluding carboxylic acids is 3. The highest BCUT2D eigenvalue weighted by Crippen LogP contribution is 2.53. The molecule has 3 aliphatic rings. The van der Waals surface area contributed by atoms with E-state index in [1.54, 1.807) is 13.8 Å². The topological polar surface area (TPSA) is 63.7 Å². The van der Waals surface area contributed by atoms with Crippen molar-refractivity contribution >= 4 is 17.8 Å². The second-order valence-corrected chi connectivity index (χ2v) is 7.74. The van der Waals surface area contributed by atoms with Crippen molar-refractivity contribution in [3.8, 4) is 0 Å². The Labute approximate surface area is 153 Å². The first kappa shape index (κ1) is 17.0. The van der Waals surface area contributed by atoms with Crippen LogP contribution in [0.5, 0.6) is 0 Å². The van der Waals surface area contributed by atoms with Gasteiger partial charge in [-0.15, -0.1) is 0 Å². The molecule has 5 nitrogen and oxygen atoms in total. The molecule has 1 heterocycles. The fourth-order valence-electron chi connectivity index (χ4n) is 4.66. The monoisotopic (exact) mass is 353 g/mol. The maximum Gasteiger partial charge on any atom is 0.329 e. The van der Waals surface area contributed by atoms with Crippen molar-refractivity contribution in [2.45, 2.75) is 38.8 Å². The van der Waals surface area contributed by atoms with Crippen LogP contribution in [-0.2, 0) is 25.5 Å². The summed E-state index contributed by atoms with van der Waals surface area (Å²) in [6.07, 6.45) is 4.97. The first-order valence-corrected chi connectivity index (χ1v) is 9.27. The van der Waals surface area contributed by atoms with E-state index in [0.717, 1.165) is 12.0 Å². The molecule has 5 heteroatoms. The molecule has 0 aromatic heterocycles. The number of benzene rings is 1. The number of allylic oxidation sites excluding steroid dienone is 2. The number of carbonyl (C=O) groups is 3. The normalized spacial score (nSPS) is 30.2. The van der Waals surface area contributed by atoms with Crippen LogP contribution in [0.15, 0.2) is 42.5 Å². The van der Waals surface area contributed by atoms with Crippen LogP contribution in [0.4, 0.5) is 0 Å². The third-order valence-corrected chi connectivity index (χ3v) is 5.71. The van der Waals surface area contributed by atoms with Gasteiger partial charge in [0.05, 0.1) is 17.9 Å². The molecule has 2 fully saturated rings. The quantitative estimate of drug-likeness (QED) is 0.463. The van der Waals surface area contributed by atoms with Gasteiger partial charge >= 0.3 is 5.97 Å². The SMILES string of the molecule is CC(C)OC(=O)[C@@H](Cc1ccccc1)N1C(=O)[C@@H]2[C@H](C1=O)[C@@H]1C=C[C@H]2C1. The molecule has 0 spiro atoms. The van der Waals surface area contributed by atoms with Gasteiger partial charge in [0.25, 0.3) is 0 Å². The van der Waals surface area contributed by atoms with Crippen molar-refractivity contribution in [1.82, 2.24) is 4.90 Å². The fourth-order valence-corrected chi connectivity index (χ4v) is 4.66. The lowest BCUT2D eigenvalue weighted by atomic mass is 9.85. The Morgan fingerprint density at radius 2 is 1.65 bits per heavy atom. The number of amides is 2. The molecule has 1 aliphatic heterocycles. The molecule has 0 radical (unpaired) electrons. The van der Waals surface area contributed by atoms with E-state index in [-0.39, 0.29) is 48.0 Å². The van der Waals surface area contributed by atoms with E-state index in [9.17, 15) is 14.4 Å². The Balaban J connectivity index is 1.64. The smallest absolute Gasteiger partial charge is 0.329 e. The Kier molecular flexibility index (Phi) is 4.17. The Morgan fingerprint density at radius 1 is 1.08 bits per heavy atom. The summed E-state index contributed by atoms with van der Waals surface area (Å²) in [5.41, 5.74) is 0.900. The van der Waals surface area contributed by atoms with Crippen LogP contribution in [-0.4, -0.2) is 34.8 Å². The zero-order valence-electron chi connectivity index (χ0n) is 15.0. The lowest BCUT2D eigenvalue weighted by Crippen LogP contribution is -2.48. The lowest BCUT2D eigenvalue weighted by Gasteiger charge is -2.27. The largest absolute Gasteiger partial charge is 0.461 e.